The molecule has 0 aliphatic carbocycles. The summed E-state index contributed by atoms with van der Waals surface area (Å²) in [6.07, 6.45) is -8.34. The fraction of sp³-hybridized carbons (Fsp3) is 0.423. The maximum absolute atomic E-state index is 12.9. The first kappa shape index (κ1) is 33.9. The maximum atomic E-state index is 12.9. The molecule has 1 N–H and O–H groups in total. The molecule has 1 saturated heterocycles. The molecule has 19 heteroatoms. The number of carbonyl (C=O) groups excluding carboxylic acids is 1. The van der Waals surface area contributed by atoms with Crippen LogP contribution in [-0.2, 0) is 24.4 Å². The number of aromatic nitrogens is 2. The van der Waals surface area contributed by atoms with Crippen molar-refractivity contribution in [1.82, 2.24) is 19.3 Å². The summed E-state index contributed by atoms with van der Waals surface area (Å²) < 4.78 is 118. The van der Waals surface area contributed by atoms with Crippen LogP contribution in [0.1, 0.15) is 6.42 Å². The van der Waals surface area contributed by atoms with E-state index >= 15 is 0 Å². The Hall–Kier alpha value is -3.94. The summed E-state index contributed by atoms with van der Waals surface area (Å²) in [5, 5.41) is 3.07. The van der Waals surface area contributed by atoms with E-state index in [-0.39, 0.29) is 16.0 Å². The zero-order valence-electron chi connectivity index (χ0n) is 23.5. The number of hydrogen-bond acceptors (Lipinski definition) is 11. The van der Waals surface area contributed by atoms with Crippen LogP contribution in [0.15, 0.2) is 47.6 Å². The number of halogens is 6. The van der Waals surface area contributed by atoms with Gasteiger partial charge in [0, 0.05) is 38.1 Å². The van der Waals surface area contributed by atoms with Gasteiger partial charge in [0.15, 0.2) is 6.61 Å². The monoisotopic (exact) mass is 667 g/mol. The van der Waals surface area contributed by atoms with Gasteiger partial charge >= 0.3 is 18.3 Å². The van der Waals surface area contributed by atoms with E-state index in [9.17, 15) is 39.6 Å². The van der Waals surface area contributed by atoms with Gasteiger partial charge in [0.05, 0.1) is 35.9 Å². The lowest BCUT2D eigenvalue weighted by Crippen LogP contribution is -2.37. The number of alkyl halides is 6. The summed E-state index contributed by atoms with van der Waals surface area (Å²) in [6.45, 7) is 2.59. The summed E-state index contributed by atoms with van der Waals surface area (Å²) >= 11 is 0. The lowest BCUT2D eigenvalue weighted by molar-refractivity contribution is -0.219. The second-order valence-electron chi connectivity index (χ2n) is 9.54. The lowest BCUT2D eigenvalue weighted by atomic mass is 10.2. The van der Waals surface area contributed by atoms with Crippen LogP contribution in [-0.4, -0.2) is 99.2 Å². The maximum Gasteiger partial charge on any atom is 0.492 e. The highest BCUT2D eigenvalue weighted by molar-refractivity contribution is 7.89. The molecule has 1 aromatic heterocycles. The molecule has 0 bridgehead atoms. The van der Waals surface area contributed by atoms with Crippen molar-refractivity contribution in [2.24, 2.45) is 0 Å². The molecule has 1 aliphatic rings. The highest BCUT2D eigenvalue weighted by atomic mass is 32.2. The number of nitrogens with one attached hydrogen (secondary N) is 1. The predicted octanol–water partition coefficient (Wildman–Crippen LogP) is 4.06. The molecular formula is C26H27F6N5O7S. The molecule has 2 heterocycles. The third kappa shape index (κ3) is 9.28. The zero-order chi connectivity index (χ0) is 32.8. The molecule has 4 rings (SSSR count). The van der Waals surface area contributed by atoms with Crippen LogP contribution in [0.4, 0.5) is 37.8 Å². The minimum absolute atomic E-state index is 0.0297. The van der Waals surface area contributed by atoms with Crippen LogP contribution in [0.25, 0.3) is 10.9 Å². The zero-order valence-corrected chi connectivity index (χ0v) is 24.3. The van der Waals surface area contributed by atoms with Gasteiger partial charge in [-0.3, -0.25) is 4.90 Å². The van der Waals surface area contributed by atoms with E-state index in [0.717, 1.165) is 50.6 Å². The number of hydroxylamine groups is 1. The quantitative estimate of drug-likeness (QED) is 0.170. The average Bonchev–Trinajstić information content (AvgIpc) is 2.98. The van der Waals surface area contributed by atoms with Gasteiger partial charge in [-0.15, -0.1) is 0 Å². The van der Waals surface area contributed by atoms with Crippen molar-refractivity contribution in [2.45, 2.75) is 23.7 Å². The number of morpholine rings is 1. The molecule has 1 fully saturated rings. The Kier molecular flexibility index (Phi) is 10.6. The van der Waals surface area contributed by atoms with Gasteiger partial charge in [-0.1, -0.05) is 0 Å². The normalized spacial score (nSPS) is 14.8. The fourth-order valence-corrected chi connectivity index (χ4v) is 5.04. The average molecular weight is 668 g/mol. The Morgan fingerprint density at radius 1 is 1.04 bits per heavy atom. The lowest BCUT2D eigenvalue weighted by Gasteiger charge is -2.26. The van der Waals surface area contributed by atoms with E-state index < -0.39 is 45.6 Å². The molecule has 246 valence electrons. The Balaban J connectivity index is 1.56. The Labute approximate surface area is 252 Å². The van der Waals surface area contributed by atoms with Crippen LogP contribution in [0.2, 0.25) is 0 Å². The van der Waals surface area contributed by atoms with Crippen LogP contribution in [0, 0.1) is 0 Å². The molecule has 0 saturated carbocycles. The molecule has 0 unspecified atom stereocenters. The van der Waals surface area contributed by atoms with Crippen LogP contribution in [0.5, 0.6) is 11.5 Å². The Morgan fingerprint density at radius 2 is 1.78 bits per heavy atom. The molecule has 45 heavy (non-hydrogen) atoms. The minimum Gasteiger partial charge on any atom is -0.493 e. The second-order valence-corrected chi connectivity index (χ2v) is 11.5. The Morgan fingerprint density at radius 3 is 2.47 bits per heavy atom. The summed E-state index contributed by atoms with van der Waals surface area (Å²) in [7, 11) is -4.38. The molecule has 0 amide bonds. The van der Waals surface area contributed by atoms with Gasteiger partial charge in [-0.05, 0) is 41.2 Å². The van der Waals surface area contributed by atoms with E-state index in [1.807, 2.05) is 0 Å². The molecule has 12 nitrogen and oxygen atoms in total. The SMILES string of the molecule is CN(OC(=O)C(F)(F)F)S(=O)(=O)c1ccc(OCC(F)(F)F)c(Nc2ncnc3cc(OCCCN4CCOCC4)ccc23)c1. The summed E-state index contributed by atoms with van der Waals surface area (Å²) in [5.41, 5.74) is 0.0258. The van der Waals surface area contributed by atoms with Crippen LogP contribution < -0.4 is 14.8 Å². The van der Waals surface area contributed by atoms with E-state index in [4.69, 9.17) is 14.2 Å². The second kappa shape index (κ2) is 14.0. The number of ether oxygens (including phenoxy) is 3. The number of fused-ring (bicyclic) bond motifs is 1. The van der Waals surface area contributed by atoms with E-state index in [1.165, 1.54) is 0 Å². The smallest absolute Gasteiger partial charge is 0.492 e. The van der Waals surface area contributed by atoms with Crippen molar-refractivity contribution in [3.63, 3.8) is 0 Å². The summed E-state index contributed by atoms with van der Waals surface area (Å²) in [5.74, 6) is -2.74. The van der Waals surface area contributed by atoms with Crippen molar-refractivity contribution in [2.75, 3.05) is 58.4 Å². The number of hydrogen-bond donors (Lipinski definition) is 1. The van der Waals surface area contributed by atoms with Crippen LogP contribution in [0.3, 0.4) is 0 Å². The largest absolute Gasteiger partial charge is 0.493 e. The van der Waals surface area contributed by atoms with E-state index in [1.54, 1.807) is 18.2 Å². The number of nitrogens with zero attached hydrogens (tertiary/aromatic N) is 4. The van der Waals surface area contributed by atoms with Crippen molar-refractivity contribution in [3.8, 4) is 11.5 Å². The van der Waals surface area contributed by atoms with Gasteiger partial charge in [-0.2, -0.15) is 26.3 Å². The minimum atomic E-state index is -5.49. The molecular weight excluding hydrogens is 640 g/mol. The summed E-state index contributed by atoms with van der Waals surface area (Å²) in [6, 6.07) is 7.23. The third-order valence-electron chi connectivity index (χ3n) is 6.27. The number of benzene rings is 2. The van der Waals surface area contributed by atoms with Crippen molar-refractivity contribution >= 4 is 38.4 Å². The molecule has 3 aromatic rings. The first-order chi connectivity index (χ1) is 21.1. The predicted molar refractivity (Wildman–Crippen MR) is 145 cm³/mol. The molecule has 0 spiro atoms. The molecule has 1 aliphatic heterocycles. The van der Waals surface area contributed by atoms with Gasteiger partial charge in [0.2, 0.25) is 0 Å². The highest BCUT2D eigenvalue weighted by Gasteiger charge is 2.44. The van der Waals surface area contributed by atoms with Crippen molar-refractivity contribution in [3.05, 3.63) is 42.7 Å². The van der Waals surface area contributed by atoms with Crippen LogP contribution >= 0.6 is 0 Å². The number of anilines is 2. The summed E-state index contributed by atoms with van der Waals surface area (Å²) in [4.78, 5) is 24.9. The van der Waals surface area contributed by atoms with Crippen molar-refractivity contribution < 1.29 is 58.6 Å². The molecule has 2 aromatic carbocycles. The third-order valence-corrected chi connectivity index (χ3v) is 7.87. The van der Waals surface area contributed by atoms with E-state index in [0.29, 0.717) is 43.5 Å². The highest BCUT2D eigenvalue weighted by Crippen LogP contribution is 2.35. The fourth-order valence-electron chi connectivity index (χ4n) is 4.08. The van der Waals surface area contributed by atoms with Gasteiger partial charge in [-0.25, -0.2) is 23.2 Å². The van der Waals surface area contributed by atoms with Crippen molar-refractivity contribution in [1.29, 1.82) is 0 Å². The Bertz CT molecular complexity index is 1600. The standard InChI is InChI=1S/C26H27F6N5O7S/c1-36(44-24(38)26(30,31)32)45(39,40)18-4-6-22(43-15-25(27,28)29)21(14-18)35-23-19-5-3-17(13-20(19)33-16-34-23)42-10-2-7-37-8-11-41-12-9-37/h3-6,13-14,16H,2,7-12,15H2,1H3,(H,33,34,35). The number of rotatable bonds is 12. The van der Waals surface area contributed by atoms with Gasteiger partial charge in [0.25, 0.3) is 10.0 Å². The first-order valence-electron chi connectivity index (χ1n) is 13.2. The topological polar surface area (TPSA) is 132 Å². The molecule has 0 atom stereocenters. The number of sulfonamides is 1. The van der Waals surface area contributed by atoms with Gasteiger partial charge < -0.3 is 24.4 Å². The molecule has 0 radical (unpaired) electrons. The number of carbonyl (C=O) groups is 1. The van der Waals surface area contributed by atoms with Gasteiger partial charge in [0.1, 0.15) is 23.6 Å². The first-order valence-corrected chi connectivity index (χ1v) is 14.6. The van der Waals surface area contributed by atoms with E-state index in [2.05, 4.69) is 25.0 Å².